The van der Waals surface area contributed by atoms with Crippen LogP contribution < -0.4 is 0 Å². The van der Waals surface area contributed by atoms with Gasteiger partial charge in [-0.3, -0.25) is 0 Å². The average molecular weight is 307 g/mol. The summed E-state index contributed by atoms with van der Waals surface area (Å²) in [6, 6.07) is 4.33. The monoisotopic (exact) mass is 307 g/mol. The first kappa shape index (κ1) is 14.4. The normalized spacial score (nSPS) is 16.8. The van der Waals surface area contributed by atoms with Gasteiger partial charge in [-0.25, -0.2) is 12.7 Å². The molecule has 5 nitrogen and oxygen atoms in total. The third-order valence-corrected chi connectivity index (χ3v) is 5.64. The molecule has 0 aliphatic heterocycles. The van der Waals surface area contributed by atoms with Gasteiger partial charge in [-0.1, -0.05) is 6.07 Å². The molecule has 0 bridgehead atoms. The fourth-order valence-electron chi connectivity index (χ4n) is 1.73. The van der Waals surface area contributed by atoms with E-state index in [1.54, 1.807) is 0 Å². The lowest BCUT2D eigenvalue weighted by Crippen LogP contribution is -2.29. The largest absolute Gasteiger partial charge is 0.332 e. The van der Waals surface area contributed by atoms with Crippen molar-refractivity contribution >= 4 is 20.2 Å². The minimum absolute atomic E-state index is 0.214. The molecule has 0 atom stereocenters. The van der Waals surface area contributed by atoms with E-state index in [1.165, 1.54) is 23.5 Å². The molecule has 106 valence electrons. The maximum absolute atomic E-state index is 12.9. The number of benzene rings is 1. The molecule has 0 saturated heterocycles. The van der Waals surface area contributed by atoms with Crippen molar-refractivity contribution in [3.05, 3.63) is 24.3 Å². The molecule has 1 aromatic rings. The van der Waals surface area contributed by atoms with Gasteiger partial charge in [-0.2, -0.15) is 8.42 Å². The average Bonchev–Trinajstić information content (AvgIpc) is 3.12. The Morgan fingerprint density at radius 1 is 1.21 bits per heavy atom. The van der Waals surface area contributed by atoms with Crippen molar-refractivity contribution < 1.29 is 20.7 Å². The molecule has 8 heteroatoms. The van der Waals surface area contributed by atoms with Crippen molar-refractivity contribution in [1.82, 2.24) is 4.31 Å². The van der Waals surface area contributed by atoms with Gasteiger partial charge in [0.2, 0.25) is 10.0 Å². The zero-order chi connectivity index (χ0) is 14.3. The number of halogens is 1. The van der Waals surface area contributed by atoms with Crippen LogP contribution in [0, 0.1) is 5.92 Å². The minimum atomic E-state index is -4.90. The first-order chi connectivity index (χ1) is 8.71. The van der Waals surface area contributed by atoms with Crippen molar-refractivity contribution in [3.8, 4) is 0 Å². The van der Waals surface area contributed by atoms with Gasteiger partial charge in [-0.15, -0.1) is 3.89 Å². The van der Waals surface area contributed by atoms with Gasteiger partial charge in [0.25, 0.3) is 0 Å². The molecule has 0 aromatic heterocycles. The number of nitrogens with zero attached hydrogens (tertiary/aromatic N) is 1. The standard InChI is InChI=1S/C11H14FNO4S2/c1-13(8-9-5-6-9)19(16,17)11-4-2-3-10(7-11)18(12,14)15/h2-4,7,9H,5-6,8H2,1H3. The second kappa shape index (κ2) is 4.84. The number of sulfonamides is 1. The molecular formula is C11H14FNO4S2. The van der Waals surface area contributed by atoms with E-state index < -0.39 is 25.1 Å². The SMILES string of the molecule is CN(CC1CC1)S(=O)(=O)c1cccc(S(=O)(=O)F)c1. The molecule has 0 radical (unpaired) electrons. The van der Waals surface area contributed by atoms with Crippen molar-refractivity contribution in [3.63, 3.8) is 0 Å². The van der Waals surface area contributed by atoms with Gasteiger partial charge in [0.15, 0.2) is 0 Å². The maximum Gasteiger partial charge on any atom is 0.332 e. The molecule has 0 heterocycles. The van der Waals surface area contributed by atoms with Crippen LogP contribution in [0.25, 0.3) is 0 Å². The molecule has 1 aliphatic rings. The third kappa shape index (κ3) is 3.31. The number of hydrogen-bond acceptors (Lipinski definition) is 4. The van der Waals surface area contributed by atoms with Crippen LogP contribution in [-0.4, -0.2) is 34.7 Å². The fourth-order valence-corrected chi connectivity index (χ4v) is 3.61. The lowest BCUT2D eigenvalue weighted by Gasteiger charge is -2.16. The Kier molecular flexibility index (Phi) is 3.67. The molecule has 1 saturated carbocycles. The summed E-state index contributed by atoms with van der Waals surface area (Å²) in [4.78, 5) is -0.859. The van der Waals surface area contributed by atoms with E-state index in [1.807, 2.05) is 0 Å². The van der Waals surface area contributed by atoms with Crippen LogP contribution in [0.15, 0.2) is 34.1 Å². The van der Waals surface area contributed by atoms with Gasteiger partial charge >= 0.3 is 10.2 Å². The van der Waals surface area contributed by atoms with E-state index in [0.717, 1.165) is 25.0 Å². The quantitative estimate of drug-likeness (QED) is 0.770. The zero-order valence-electron chi connectivity index (χ0n) is 10.3. The summed E-state index contributed by atoms with van der Waals surface area (Å²) in [6.45, 7) is 0.398. The van der Waals surface area contributed by atoms with Crippen LogP contribution in [-0.2, 0) is 20.2 Å². The summed E-state index contributed by atoms with van der Waals surface area (Å²) in [5.74, 6) is 0.368. The van der Waals surface area contributed by atoms with Crippen molar-refractivity contribution in [1.29, 1.82) is 0 Å². The van der Waals surface area contributed by atoms with Crippen LogP contribution in [0.3, 0.4) is 0 Å². The summed E-state index contributed by atoms with van der Waals surface area (Å²) in [5.41, 5.74) is 0. The van der Waals surface area contributed by atoms with Gasteiger partial charge in [0.05, 0.1) is 9.79 Å². The van der Waals surface area contributed by atoms with Gasteiger partial charge in [-0.05, 0) is 37.0 Å². The number of rotatable bonds is 5. The second-order valence-electron chi connectivity index (χ2n) is 4.64. The first-order valence-electron chi connectivity index (χ1n) is 5.72. The van der Waals surface area contributed by atoms with E-state index in [-0.39, 0.29) is 4.90 Å². The van der Waals surface area contributed by atoms with Crippen LogP contribution in [0.4, 0.5) is 3.89 Å². The predicted octanol–water partition coefficient (Wildman–Crippen LogP) is 1.38. The molecule has 0 unspecified atom stereocenters. The zero-order valence-corrected chi connectivity index (χ0v) is 11.9. The molecule has 19 heavy (non-hydrogen) atoms. The Hall–Kier alpha value is -0.990. The van der Waals surface area contributed by atoms with Crippen LogP contribution in [0.5, 0.6) is 0 Å². The Bertz CT molecular complexity index is 680. The lowest BCUT2D eigenvalue weighted by molar-refractivity contribution is 0.452. The van der Waals surface area contributed by atoms with Crippen LogP contribution in [0.2, 0.25) is 0 Å². The topological polar surface area (TPSA) is 71.5 Å². The van der Waals surface area contributed by atoms with E-state index in [0.29, 0.717) is 12.5 Å². The Morgan fingerprint density at radius 2 is 1.79 bits per heavy atom. The first-order valence-corrected chi connectivity index (χ1v) is 8.54. The Morgan fingerprint density at radius 3 is 2.32 bits per heavy atom. The summed E-state index contributed by atoms with van der Waals surface area (Å²) >= 11 is 0. The van der Waals surface area contributed by atoms with Crippen molar-refractivity contribution in [2.45, 2.75) is 22.6 Å². The lowest BCUT2D eigenvalue weighted by atomic mass is 10.4. The predicted molar refractivity (Wildman–Crippen MR) is 67.3 cm³/mol. The van der Waals surface area contributed by atoms with E-state index in [2.05, 4.69) is 0 Å². The maximum atomic E-state index is 12.9. The molecule has 1 aromatic carbocycles. The fraction of sp³-hybridized carbons (Fsp3) is 0.455. The highest BCUT2D eigenvalue weighted by Gasteiger charge is 2.29. The molecular weight excluding hydrogens is 293 g/mol. The number of hydrogen-bond donors (Lipinski definition) is 0. The Balaban J connectivity index is 2.34. The molecule has 0 N–H and O–H groups in total. The molecule has 1 aliphatic carbocycles. The highest BCUT2D eigenvalue weighted by Crippen LogP contribution is 2.31. The van der Waals surface area contributed by atoms with E-state index in [9.17, 15) is 20.7 Å². The minimum Gasteiger partial charge on any atom is -0.207 e. The molecule has 0 amide bonds. The Labute approximate surface area is 112 Å². The van der Waals surface area contributed by atoms with Crippen molar-refractivity contribution in [2.24, 2.45) is 5.92 Å². The molecule has 2 rings (SSSR count). The van der Waals surface area contributed by atoms with E-state index >= 15 is 0 Å². The van der Waals surface area contributed by atoms with Crippen molar-refractivity contribution in [2.75, 3.05) is 13.6 Å². The molecule has 0 spiro atoms. The molecule has 1 fully saturated rings. The van der Waals surface area contributed by atoms with Gasteiger partial charge in [0, 0.05) is 13.6 Å². The van der Waals surface area contributed by atoms with Gasteiger partial charge in [0.1, 0.15) is 0 Å². The highest BCUT2D eigenvalue weighted by molar-refractivity contribution is 7.89. The smallest absolute Gasteiger partial charge is 0.207 e. The highest BCUT2D eigenvalue weighted by atomic mass is 32.3. The van der Waals surface area contributed by atoms with Crippen LogP contribution >= 0.6 is 0 Å². The second-order valence-corrected chi connectivity index (χ2v) is 8.03. The van der Waals surface area contributed by atoms with E-state index in [4.69, 9.17) is 0 Å². The van der Waals surface area contributed by atoms with Crippen LogP contribution in [0.1, 0.15) is 12.8 Å². The summed E-state index contributed by atoms with van der Waals surface area (Å²) in [6.07, 6.45) is 2.00. The van der Waals surface area contributed by atoms with Gasteiger partial charge < -0.3 is 0 Å². The summed E-state index contributed by atoms with van der Waals surface area (Å²) in [5, 5.41) is 0. The third-order valence-electron chi connectivity index (χ3n) is 3.01. The summed E-state index contributed by atoms with van der Waals surface area (Å²) < 4.78 is 60.0. The summed E-state index contributed by atoms with van der Waals surface area (Å²) in [7, 11) is -7.24.